The Labute approximate surface area is 286 Å². The number of hydrogen-bond acceptors (Lipinski definition) is 6. The standard InChI is InChI=1S/C37H39F4N5O4/c1-21-14-26(8-13-30(21)38)43-34(47)32-31(42-20-45(32)2)23-15-24-17-36(49,18-25(24)16-23)29-19-46(44-33(29)37(39,40)41)27-9-11-28(12-10-27)50-35(48)22-6-4-3-5-7-22/h3-8,13-14,19-20,23-25,27-28,49H,9-12,15-18H2,1-2H3,(H,43,47). The number of carbonyl (C=O) groups is 2. The molecule has 13 heteroatoms. The number of hydrogen-bond donors (Lipinski definition) is 2. The van der Waals surface area contributed by atoms with Gasteiger partial charge in [-0.1, -0.05) is 18.2 Å². The van der Waals surface area contributed by atoms with Crippen molar-refractivity contribution in [2.24, 2.45) is 18.9 Å². The Balaban J connectivity index is 1.03. The van der Waals surface area contributed by atoms with E-state index in [4.69, 9.17) is 4.74 Å². The Bertz CT molecular complexity index is 1880. The fourth-order valence-corrected chi connectivity index (χ4v) is 8.39. The number of ether oxygens (including phenoxy) is 1. The van der Waals surface area contributed by atoms with E-state index in [1.54, 1.807) is 61.3 Å². The summed E-state index contributed by atoms with van der Waals surface area (Å²) in [4.78, 5) is 30.4. The van der Waals surface area contributed by atoms with Crippen molar-refractivity contribution < 1.29 is 37.0 Å². The SMILES string of the molecule is Cc1cc(NC(=O)c2c(C3CC4CC(O)(c5cn(C6CCC(OC(=O)c7ccccc7)CC6)nc5C(F)(F)F)CC4C3)ncn2C)ccc1F. The van der Waals surface area contributed by atoms with Gasteiger partial charge in [0.25, 0.3) is 5.91 Å². The monoisotopic (exact) mass is 693 g/mol. The molecular weight excluding hydrogens is 654 g/mol. The van der Waals surface area contributed by atoms with E-state index < -0.39 is 23.4 Å². The number of aromatic nitrogens is 4. The number of aryl methyl sites for hydroxylation is 2. The zero-order valence-electron chi connectivity index (χ0n) is 27.8. The molecule has 0 bridgehead atoms. The van der Waals surface area contributed by atoms with Gasteiger partial charge in [0.05, 0.1) is 29.2 Å². The number of nitrogens with one attached hydrogen (secondary N) is 1. The second-order valence-electron chi connectivity index (χ2n) is 14.2. The molecule has 2 N–H and O–H groups in total. The first-order valence-electron chi connectivity index (χ1n) is 17.0. The highest BCUT2D eigenvalue weighted by atomic mass is 19.4. The Morgan fingerprint density at radius 3 is 2.34 bits per heavy atom. The second kappa shape index (κ2) is 13.0. The highest BCUT2D eigenvalue weighted by Gasteiger charge is 2.54. The lowest BCUT2D eigenvalue weighted by molar-refractivity contribution is -0.144. The summed E-state index contributed by atoms with van der Waals surface area (Å²) in [7, 11) is 1.72. The Kier molecular flexibility index (Phi) is 8.82. The van der Waals surface area contributed by atoms with Crippen LogP contribution in [0.4, 0.5) is 23.2 Å². The van der Waals surface area contributed by atoms with E-state index in [9.17, 15) is 32.3 Å². The Hall–Kier alpha value is -4.52. The maximum absolute atomic E-state index is 14.4. The van der Waals surface area contributed by atoms with Gasteiger partial charge in [0.2, 0.25) is 0 Å². The molecule has 4 aromatic rings. The molecular formula is C37H39F4N5O4. The minimum absolute atomic E-state index is 0.0677. The van der Waals surface area contributed by atoms with Gasteiger partial charge >= 0.3 is 12.1 Å². The molecule has 2 unspecified atom stereocenters. The van der Waals surface area contributed by atoms with Gasteiger partial charge in [-0.05, 0) is 106 Å². The molecule has 0 saturated heterocycles. The predicted molar refractivity (Wildman–Crippen MR) is 175 cm³/mol. The molecule has 2 aromatic carbocycles. The van der Waals surface area contributed by atoms with Crippen molar-refractivity contribution in [2.45, 2.75) is 88.1 Å². The molecule has 50 heavy (non-hydrogen) atoms. The van der Waals surface area contributed by atoms with Gasteiger partial charge in [-0.25, -0.2) is 14.2 Å². The molecule has 2 heterocycles. The van der Waals surface area contributed by atoms with Crippen LogP contribution in [-0.4, -0.2) is 42.4 Å². The van der Waals surface area contributed by atoms with E-state index in [1.165, 1.54) is 23.0 Å². The minimum Gasteiger partial charge on any atom is -0.459 e. The van der Waals surface area contributed by atoms with Gasteiger partial charge in [-0.15, -0.1) is 0 Å². The van der Waals surface area contributed by atoms with Crippen LogP contribution in [0.1, 0.15) is 107 Å². The number of imidazole rings is 1. The lowest BCUT2D eigenvalue weighted by Gasteiger charge is -2.28. The Morgan fingerprint density at radius 2 is 1.70 bits per heavy atom. The molecule has 7 rings (SSSR count). The van der Waals surface area contributed by atoms with Crippen molar-refractivity contribution in [3.63, 3.8) is 0 Å². The summed E-state index contributed by atoms with van der Waals surface area (Å²) >= 11 is 0. The molecule has 3 aliphatic rings. The average molecular weight is 694 g/mol. The molecule has 3 fully saturated rings. The van der Waals surface area contributed by atoms with E-state index >= 15 is 0 Å². The summed E-state index contributed by atoms with van der Waals surface area (Å²) in [6.07, 6.45) is 1.24. The number of benzene rings is 2. The van der Waals surface area contributed by atoms with Crippen LogP contribution in [0, 0.1) is 24.6 Å². The third-order valence-corrected chi connectivity index (χ3v) is 10.8. The van der Waals surface area contributed by atoms with Gasteiger partial charge in [0.15, 0.2) is 5.69 Å². The van der Waals surface area contributed by atoms with Crippen molar-refractivity contribution in [3.05, 3.63) is 101 Å². The fourth-order valence-electron chi connectivity index (χ4n) is 8.39. The van der Waals surface area contributed by atoms with Crippen LogP contribution >= 0.6 is 0 Å². The molecule has 3 aliphatic carbocycles. The first-order valence-corrected chi connectivity index (χ1v) is 17.0. The number of aliphatic hydroxyl groups is 1. The molecule has 2 atom stereocenters. The third-order valence-electron chi connectivity index (χ3n) is 10.8. The van der Waals surface area contributed by atoms with Gasteiger partial charge in [0, 0.05) is 30.4 Å². The maximum atomic E-state index is 14.4. The van der Waals surface area contributed by atoms with Crippen molar-refractivity contribution in [1.29, 1.82) is 0 Å². The Morgan fingerprint density at radius 1 is 1.02 bits per heavy atom. The summed E-state index contributed by atoms with van der Waals surface area (Å²) in [5, 5.41) is 18.7. The van der Waals surface area contributed by atoms with Crippen molar-refractivity contribution in [1.82, 2.24) is 19.3 Å². The lowest BCUT2D eigenvalue weighted by Crippen LogP contribution is -2.26. The molecule has 264 valence electrons. The summed E-state index contributed by atoms with van der Waals surface area (Å²) in [5.41, 5.74) is -0.670. The highest BCUT2D eigenvalue weighted by molar-refractivity contribution is 6.04. The number of esters is 1. The molecule has 0 spiro atoms. The molecule has 3 saturated carbocycles. The minimum atomic E-state index is -4.75. The van der Waals surface area contributed by atoms with Crippen LogP contribution in [-0.2, 0) is 23.6 Å². The van der Waals surface area contributed by atoms with Crippen LogP contribution in [0.3, 0.4) is 0 Å². The van der Waals surface area contributed by atoms with Crippen molar-refractivity contribution in [2.75, 3.05) is 5.32 Å². The summed E-state index contributed by atoms with van der Waals surface area (Å²) < 4.78 is 65.6. The number of carbonyl (C=O) groups excluding carboxylic acids is 2. The summed E-state index contributed by atoms with van der Waals surface area (Å²) in [6, 6.07) is 12.7. The lowest BCUT2D eigenvalue weighted by atomic mass is 9.87. The second-order valence-corrected chi connectivity index (χ2v) is 14.2. The number of amides is 1. The van der Waals surface area contributed by atoms with Crippen LogP contribution in [0.15, 0.2) is 61.1 Å². The fraction of sp³-hybridized carbons (Fsp3) is 0.459. The van der Waals surface area contributed by atoms with Gasteiger partial charge in [-0.3, -0.25) is 9.48 Å². The molecule has 1 amide bonds. The number of anilines is 1. The first-order chi connectivity index (χ1) is 23.8. The number of alkyl halides is 3. The van der Waals surface area contributed by atoms with Crippen LogP contribution < -0.4 is 5.32 Å². The summed E-state index contributed by atoms with van der Waals surface area (Å²) in [5.74, 6) is -1.42. The van der Waals surface area contributed by atoms with E-state index in [0.717, 1.165) is 0 Å². The number of fused-ring (bicyclic) bond motifs is 1. The quantitative estimate of drug-likeness (QED) is 0.154. The smallest absolute Gasteiger partial charge is 0.435 e. The number of rotatable bonds is 7. The topological polar surface area (TPSA) is 111 Å². The largest absolute Gasteiger partial charge is 0.459 e. The van der Waals surface area contributed by atoms with Crippen molar-refractivity contribution in [3.8, 4) is 0 Å². The van der Waals surface area contributed by atoms with Gasteiger partial charge in [-0.2, -0.15) is 18.3 Å². The molecule has 0 radical (unpaired) electrons. The van der Waals surface area contributed by atoms with Crippen LogP contribution in [0.2, 0.25) is 0 Å². The van der Waals surface area contributed by atoms with Crippen LogP contribution in [0.25, 0.3) is 0 Å². The number of nitrogens with zero attached hydrogens (tertiary/aromatic N) is 4. The zero-order valence-corrected chi connectivity index (χ0v) is 27.8. The van der Waals surface area contributed by atoms with Crippen LogP contribution in [0.5, 0.6) is 0 Å². The average Bonchev–Trinajstić information content (AvgIpc) is 3.85. The van der Waals surface area contributed by atoms with Crippen molar-refractivity contribution >= 4 is 17.6 Å². The first kappa shape index (κ1) is 34.0. The molecule has 0 aliphatic heterocycles. The van der Waals surface area contributed by atoms with E-state index in [2.05, 4.69) is 15.4 Å². The van der Waals surface area contributed by atoms with E-state index in [1.807, 2.05) is 0 Å². The van der Waals surface area contributed by atoms with E-state index in [0.29, 0.717) is 66.7 Å². The summed E-state index contributed by atoms with van der Waals surface area (Å²) in [6.45, 7) is 1.61. The van der Waals surface area contributed by atoms with Gasteiger partial charge in [0.1, 0.15) is 17.6 Å². The molecule has 2 aromatic heterocycles. The normalized spacial score (nSPS) is 26.5. The third kappa shape index (κ3) is 6.55. The molecule has 9 nitrogen and oxygen atoms in total. The highest BCUT2D eigenvalue weighted by Crippen LogP contribution is 2.58. The van der Waals surface area contributed by atoms with E-state index in [-0.39, 0.29) is 60.0 Å². The predicted octanol–water partition coefficient (Wildman–Crippen LogP) is 7.47. The maximum Gasteiger partial charge on any atom is 0.435 e. The van der Waals surface area contributed by atoms with Gasteiger partial charge < -0.3 is 19.7 Å². The number of halogens is 4. The zero-order chi connectivity index (χ0) is 35.4.